The highest BCUT2D eigenvalue weighted by atomic mass is 127. The van der Waals surface area contributed by atoms with Crippen molar-refractivity contribution in [3.63, 3.8) is 0 Å². The van der Waals surface area contributed by atoms with E-state index in [2.05, 4.69) is 38.2 Å². The lowest BCUT2D eigenvalue weighted by molar-refractivity contribution is -0.120. The van der Waals surface area contributed by atoms with Crippen LogP contribution in [0, 0.1) is 0 Å². The lowest BCUT2D eigenvalue weighted by Crippen LogP contribution is -2.43. The number of methoxy groups -OCH3 is 1. The van der Waals surface area contributed by atoms with Gasteiger partial charge in [-0.1, -0.05) is 24.3 Å². The fourth-order valence-corrected chi connectivity index (χ4v) is 2.95. The van der Waals surface area contributed by atoms with Crippen molar-refractivity contribution < 1.29 is 9.53 Å². The van der Waals surface area contributed by atoms with E-state index in [-0.39, 0.29) is 36.4 Å². The van der Waals surface area contributed by atoms with E-state index in [1.165, 1.54) is 5.56 Å². The Kier molecular flexibility index (Phi) is 10.5. The summed E-state index contributed by atoms with van der Waals surface area (Å²) in [5.41, 5.74) is 3.24. The average Bonchev–Trinajstić information content (AvgIpc) is 3.35. The third-order valence-corrected chi connectivity index (χ3v) is 4.70. The van der Waals surface area contributed by atoms with Crippen LogP contribution in [0.1, 0.15) is 11.1 Å². The number of nitrogens with zero attached hydrogens (tertiary/aromatic N) is 3. The molecule has 2 aromatic carbocycles. The van der Waals surface area contributed by atoms with Gasteiger partial charge in [-0.05, 0) is 47.9 Å². The number of amides is 1. The number of ether oxygens (including phenoxy) is 1. The zero-order valence-electron chi connectivity index (χ0n) is 18.2. The van der Waals surface area contributed by atoms with Crippen LogP contribution in [0.2, 0.25) is 0 Å². The van der Waals surface area contributed by atoms with E-state index in [0.29, 0.717) is 19.0 Å². The molecule has 0 aliphatic heterocycles. The lowest BCUT2D eigenvalue weighted by atomic mass is 10.1. The summed E-state index contributed by atoms with van der Waals surface area (Å²) in [4.78, 5) is 16.3. The summed E-state index contributed by atoms with van der Waals surface area (Å²) in [6, 6.07) is 17.8. The maximum Gasteiger partial charge on any atom is 0.239 e. The molecule has 0 fully saturated rings. The van der Waals surface area contributed by atoms with Crippen LogP contribution in [0.3, 0.4) is 0 Å². The first-order chi connectivity index (χ1) is 15.2. The van der Waals surface area contributed by atoms with Crippen LogP contribution >= 0.6 is 24.0 Å². The highest BCUT2D eigenvalue weighted by Gasteiger charge is 2.04. The number of guanidine groups is 1. The van der Waals surface area contributed by atoms with Crippen LogP contribution in [0.25, 0.3) is 5.69 Å². The van der Waals surface area contributed by atoms with Crippen LogP contribution in [0.15, 0.2) is 72.0 Å². The molecule has 170 valence electrons. The van der Waals surface area contributed by atoms with Gasteiger partial charge < -0.3 is 20.7 Å². The SMILES string of the molecule is CN=C(NCCc1ccc(-n2cccn2)cc1)NCC(=O)NCc1ccc(OC)cc1.I. The topological polar surface area (TPSA) is 92.6 Å². The molecule has 0 unspecified atom stereocenters. The number of carbonyl (C=O) groups is 1. The van der Waals surface area contributed by atoms with Gasteiger partial charge in [-0.3, -0.25) is 9.79 Å². The van der Waals surface area contributed by atoms with Crippen molar-refractivity contribution in [3.05, 3.63) is 78.1 Å². The zero-order valence-corrected chi connectivity index (χ0v) is 20.6. The van der Waals surface area contributed by atoms with Crippen LogP contribution in [0.4, 0.5) is 0 Å². The molecule has 3 rings (SSSR count). The van der Waals surface area contributed by atoms with Crippen molar-refractivity contribution in [2.24, 2.45) is 4.99 Å². The highest BCUT2D eigenvalue weighted by Crippen LogP contribution is 2.11. The number of halogens is 1. The van der Waals surface area contributed by atoms with Gasteiger partial charge in [-0.25, -0.2) is 4.68 Å². The summed E-state index contributed by atoms with van der Waals surface area (Å²) in [7, 11) is 3.31. The molecule has 1 amide bonds. The molecular formula is C23H29IN6O2. The van der Waals surface area contributed by atoms with Gasteiger partial charge in [0, 0.05) is 32.5 Å². The third kappa shape index (κ3) is 7.88. The Morgan fingerprint density at radius 3 is 2.38 bits per heavy atom. The number of aromatic nitrogens is 2. The Bertz CT molecular complexity index is 973. The van der Waals surface area contributed by atoms with Gasteiger partial charge >= 0.3 is 0 Å². The van der Waals surface area contributed by atoms with E-state index >= 15 is 0 Å². The molecule has 3 aromatic rings. The summed E-state index contributed by atoms with van der Waals surface area (Å²) in [5, 5.41) is 13.4. The molecule has 1 aromatic heterocycles. The summed E-state index contributed by atoms with van der Waals surface area (Å²) in [6.07, 6.45) is 4.51. The molecule has 0 aliphatic rings. The van der Waals surface area contributed by atoms with Gasteiger partial charge in [0.25, 0.3) is 0 Å². The summed E-state index contributed by atoms with van der Waals surface area (Å²) < 4.78 is 6.96. The smallest absolute Gasteiger partial charge is 0.239 e. The summed E-state index contributed by atoms with van der Waals surface area (Å²) in [6.45, 7) is 1.31. The third-order valence-electron chi connectivity index (χ3n) is 4.70. The predicted molar refractivity (Wildman–Crippen MR) is 137 cm³/mol. The van der Waals surface area contributed by atoms with E-state index in [1.807, 2.05) is 53.3 Å². The molecule has 0 bridgehead atoms. The molecule has 0 saturated heterocycles. The predicted octanol–water partition coefficient (Wildman–Crippen LogP) is 2.52. The second-order valence-electron chi connectivity index (χ2n) is 6.84. The van der Waals surface area contributed by atoms with Gasteiger partial charge in [0.05, 0.1) is 19.3 Å². The van der Waals surface area contributed by atoms with E-state index in [1.54, 1.807) is 20.4 Å². The van der Waals surface area contributed by atoms with Gasteiger partial charge in [0.1, 0.15) is 5.75 Å². The van der Waals surface area contributed by atoms with Crippen molar-refractivity contribution in [3.8, 4) is 11.4 Å². The second-order valence-corrected chi connectivity index (χ2v) is 6.84. The molecule has 0 atom stereocenters. The van der Waals surface area contributed by atoms with E-state index < -0.39 is 0 Å². The normalized spacial score (nSPS) is 10.8. The quantitative estimate of drug-likeness (QED) is 0.217. The van der Waals surface area contributed by atoms with Gasteiger partial charge in [-0.2, -0.15) is 5.10 Å². The minimum absolute atomic E-state index is 0. The molecule has 32 heavy (non-hydrogen) atoms. The number of rotatable bonds is 9. The molecular weight excluding hydrogens is 519 g/mol. The Hall–Kier alpha value is -3.08. The first-order valence-electron chi connectivity index (χ1n) is 10.1. The Balaban J connectivity index is 0.00000363. The van der Waals surface area contributed by atoms with Crippen LogP contribution in [-0.2, 0) is 17.8 Å². The standard InChI is InChI=1S/C23H28N6O2.HI/c1-24-23(27-17-22(30)26-16-19-6-10-21(31-2)11-7-19)25-14-12-18-4-8-20(9-5-18)29-15-3-13-28-29;/h3-11,13,15H,12,14,16-17H2,1-2H3,(H,26,30)(H2,24,25,27);1H. The second kappa shape index (κ2) is 13.4. The van der Waals surface area contributed by atoms with Gasteiger partial charge in [0.2, 0.25) is 5.91 Å². The Labute approximate surface area is 205 Å². The van der Waals surface area contributed by atoms with Gasteiger partial charge in [0.15, 0.2) is 5.96 Å². The number of hydrogen-bond acceptors (Lipinski definition) is 4. The van der Waals surface area contributed by atoms with E-state index in [4.69, 9.17) is 4.74 Å². The van der Waals surface area contributed by atoms with Crippen molar-refractivity contribution >= 4 is 35.8 Å². The molecule has 0 saturated carbocycles. The first-order valence-corrected chi connectivity index (χ1v) is 10.1. The maximum atomic E-state index is 12.1. The van der Waals surface area contributed by atoms with Crippen LogP contribution < -0.4 is 20.7 Å². The molecule has 1 heterocycles. The molecule has 0 spiro atoms. The average molecular weight is 548 g/mol. The summed E-state index contributed by atoms with van der Waals surface area (Å²) in [5.74, 6) is 1.28. The first kappa shape index (κ1) is 25.2. The number of benzene rings is 2. The number of aliphatic imine (C=N–C) groups is 1. The summed E-state index contributed by atoms with van der Waals surface area (Å²) >= 11 is 0. The van der Waals surface area contributed by atoms with Crippen molar-refractivity contribution in [2.75, 3.05) is 27.2 Å². The minimum atomic E-state index is -0.104. The monoisotopic (exact) mass is 548 g/mol. The molecule has 0 radical (unpaired) electrons. The highest BCUT2D eigenvalue weighted by molar-refractivity contribution is 14.0. The molecule has 0 aliphatic carbocycles. The molecule has 8 nitrogen and oxygen atoms in total. The van der Waals surface area contributed by atoms with Gasteiger partial charge in [-0.15, -0.1) is 24.0 Å². The van der Waals surface area contributed by atoms with Crippen molar-refractivity contribution in [2.45, 2.75) is 13.0 Å². The Morgan fingerprint density at radius 2 is 1.75 bits per heavy atom. The maximum absolute atomic E-state index is 12.1. The van der Waals surface area contributed by atoms with Crippen LogP contribution in [0.5, 0.6) is 5.75 Å². The fourth-order valence-electron chi connectivity index (χ4n) is 2.95. The van der Waals surface area contributed by atoms with Crippen molar-refractivity contribution in [1.82, 2.24) is 25.7 Å². The number of carbonyl (C=O) groups excluding carboxylic acids is 1. The number of nitrogens with one attached hydrogen (secondary N) is 3. The molecule has 9 heteroatoms. The number of hydrogen-bond donors (Lipinski definition) is 3. The lowest BCUT2D eigenvalue weighted by Gasteiger charge is -2.12. The van der Waals surface area contributed by atoms with Crippen molar-refractivity contribution in [1.29, 1.82) is 0 Å². The zero-order chi connectivity index (χ0) is 21.9. The minimum Gasteiger partial charge on any atom is -0.497 e. The van der Waals surface area contributed by atoms with E-state index in [9.17, 15) is 4.79 Å². The van der Waals surface area contributed by atoms with Crippen LogP contribution in [-0.4, -0.2) is 48.9 Å². The Morgan fingerprint density at radius 1 is 1.03 bits per heavy atom. The largest absolute Gasteiger partial charge is 0.497 e. The fraction of sp³-hybridized carbons (Fsp3) is 0.261. The molecule has 3 N–H and O–H groups in total. The van der Waals surface area contributed by atoms with E-state index in [0.717, 1.165) is 23.4 Å².